The largest absolute Gasteiger partial charge is 0.399 e. The summed E-state index contributed by atoms with van der Waals surface area (Å²) in [5.41, 5.74) is 9.58. The van der Waals surface area contributed by atoms with Crippen LogP contribution in [0, 0.1) is 0 Å². The average molecular weight is 419 g/mol. The lowest BCUT2D eigenvalue weighted by Gasteiger charge is -2.26. The molecular weight excluding hydrogens is 401 g/mol. The number of halogens is 3. The number of aromatic nitrogens is 1. The van der Waals surface area contributed by atoms with Crippen molar-refractivity contribution in [3.63, 3.8) is 0 Å². The van der Waals surface area contributed by atoms with Crippen molar-refractivity contribution >= 4 is 52.3 Å². The van der Waals surface area contributed by atoms with Gasteiger partial charge in [-0.2, -0.15) is 0 Å². The number of amides is 1. The van der Waals surface area contributed by atoms with Gasteiger partial charge in [0, 0.05) is 22.6 Å². The first-order valence-corrected chi connectivity index (χ1v) is 7.72. The molecule has 3 rings (SSSR count). The summed E-state index contributed by atoms with van der Waals surface area (Å²) in [7, 11) is 0. The molecule has 23 heavy (non-hydrogen) atoms. The highest BCUT2D eigenvalue weighted by molar-refractivity contribution is 9.10. The monoisotopic (exact) mass is 417 g/mol. The molecular formula is C16H18BrCl2N3O. The third-order valence-corrected chi connectivity index (χ3v) is 4.19. The number of aryl methyl sites for hydroxylation is 1. The second-order valence-electron chi connectivity index (χ2n) is 5.27. The molecule has 7 heteroatoms. The summed E-state index contributed by atoms with van der Waals surface area (Å²) in [5, 5.41) is 3.10. The molecule has 0 saturated carbocycles. The van der Waals surface area contributed by atoms with E-state index in [1.54, 1.807) is 18.5 Å². The molecule has 0 fully saturated rings. The first kappa shape index (κ1) is 19.7. The van der Waals surface area contributed by atoms with E-state index in [0.29, 0.717) is 5.56 Å². The number of nitrogens with zero attached hydrogens (tertiary/aromatic N) is 1. The molecule has 1 heterocycles. The molecule has 1 aliphatic rings. The van der Waals surface area contributed by atoms with Crippen LogP contribution in [0.3, 0.4) is 0 Å². The van der Waals surface area contributed by atoms with E-state index in [-0.39, 0.29) is 36.8 Å². The second-order valence-corrected chi connectivity index (χ2v) is 6.18. The van der Waals surface area contributed by atoms with E-state index in [1.165, 1.54) is 11.1 Å². The number of pyridine rings is 1. The number of carbonyl (C=O) groups is 1. The number of hydrogen-bond donors (Lipinski definition) is 2. The van der Waals surface area contributed by atoms with Crippen LogP contribution in [0.1, 0.15) is 40.4 Å². The Morgan fingerprint density at radius 3 is 2.78 bits per heavy atom. The molecule has 0 aliphatic heterocycles. The number of benzene rings is 1. The summed E-state index contributed by atoms with van der Waals surface area (Å²) in [6.07, 6.45) is 6.26. The molecule has 1 aliphatic carbocycles. The molecule has 1 amide bonds. The molecule has 0 radical (unpaired) electrons. The van der Waals surface area contributed by atoms with Crippen LogP contribution in [0.2, 0.25) is 0 Å². The van der Waals surface area contributed by atoms with Crippen molar-refractivity contribution in [1.82, 2.24) is 10.3 Å². The van der Waals surface area contributed by atoms with Crippen molar-refractivity contribution in [3.8, 4) is 0 Å². The van der Waals surface area contributed by atoms with E-state index in [2.05, 4.69) is 26.2 Å². The fourth-order valence-corrected chi connectivity index (χ4v) is 3.13. The van der Waals surface area contributed by atoms with Crippen molar-refractivity contribution in [1.29, 1.82) is 0 Å². The third-order valence-electron chi connectivity index (χ3n) is 3.75. The number of fused-ring (bicyclic) bond motifs is 1. The zero-order valence-electron chi connectivity index (χ0n) is 12.3. The highest BCUT2D eigenvalue weighted by Crippen LogP contribution is 2.31. The van der Waals surface area contributed by atoms with Crippen molar-refractivity contribution in [2.24, 2.45) is 0 Å². The molecule has 4 nitrogen and oxygen atoms in total. The molecule has 1 unspecified atom stereocenters. The van der Waals surface area contributed by atoms with Gasteiger partial charge in [0.05, 0.1) is 11.6 Å². The van der Waals surface area contributed by atoms with Gasteiger partial charge in [0.25, 0.3) is 5.91 Å². The van der Waals surface area contributed by atoms with Gasteiger partial charge >= 0.3 is 0 Å². The standard InChI is InChI=1S/C16H16BrN3O.2ClH/c17-12-6-11(8-19-9-12)16(21)20-15-3-1-2-10-7-13(18)4-5-14(10)15;;/h4-9,15H,1-3,18H2,(H,20,21);2*1H. The maximum Gasteiger partial charge on any atom is 0.253 e. The Morgan fingerprint density at radius 1 is 1.26 bits per heavy atom. The van der Waals surface area contributed by atoms with E-state index in [0.717, 1.165) is 29.4 Å². The van der Waals surface area contributed by atoms with E-state index in [4.69, 9.17) is 5.73 Å². The van der Waals surface area contributed by atoms with Crippen LogP contribution in [0.25, 0.3) is 0 Å². The van der Waals surface area contributed by atoms with Gasteiger partial charge in [-0.25, -0.2) is 0 Å². The van der Waals surface area contributed by atoms with Crippen LogP contribution in [0.4, 0.5) is 5.69 Å². The maximum absolute atomic E-state index is 12.3. The Hall–Kier alpha value is -1.30. The van der Waals surface area contributed by atoms with Gasteiger partial charge in [-0.1, -0.05) is 6.07 Å². The van der Waals surface area contributed by atoms with Crippen LogP contribution in [-0.2, 0) is 6.42 Å². The van der Waals surface area contributed by atoms with E-state index < -0.39 is 0 Å². The van der Waals surface area contributed by atoms with E-state index in [9.17, 15) is 4.79 Å². The third kappa shape index (κ3) is 4.59. The van der Waals surface area contributed by atoms with Gasteiger partial charge in [-0.3, -0.25) is 9.78 Å². The maximum atomic E-state index is 12.3. The van der Waals surface area contributed by atoms with E-state index >= 15 is 0 Å². The Labute approximate surface area is 156 Å². The van der Waals surface area contributed by atoms with E-state index in [1.807, 2.05) is 18.2 Å². The summed E-state index contributed by atoms with van der Waals surface area (Å²) in [6.45, 7) is 0. The van der Waals surface area contributed by atoms with Crippen molar-refractivity contribution < 1.29 is 4.79 Å². The Bertz CT molecular complexity index is 697. The van der Waals surface area contributed by atoms with Gasteiger partial charge in [-0.05, 0) is 64.5 Å². The highest BCUT2D eigenvalue weighted by Gasteiger charge is 2.22. The molecule has 0 spiro atoms. The van der Waals surface area contributed by atoms with Crippen LogP contribution < -0.4 is 11.1 Å². The normalized spacial score (nSPS) is 15.6. The minimum atomic E-state index is -0.0986. The number of rotatable bonds is 2. The molecule has 0 saturated heterocycles. The van der Waals surface area contributed by atoms with Crippen molar-refractivity contribution in [3.05, 3.63) is 57.8 Å². The minimum absolute atomic E-state index is 0. The Kier molecular flexibility index (Phi) is 7.32. The smallest absolute Gasteiger partial charge is 0.253 e. The number of anilines is 1. The zero-order valence-corrected chi connectivity index (χ0v) is 15.5. The van der Waals surface area contributed by atoms with Crippen LogP contribution in [0.5, 0.6) is 0 Å². The zero-order chi connectivity index (χ0) is 14.8. The lowest BCUT2D eigenvalue weighted by Crippen LogP contribution is -2.31. The number of nitrogens with one attached hydrogen (secondary N) is 1. The van der Waals surface area contributed by atoms with Crippen molar-refractivity contribution in [2.75, 3.05) is 5.73 Å². The second kappa shape index (κ2) is 8.52. The minimum Gasteiger partial charge on any atom is -0.399 e. The first-order chi connectivity index (χ1) is 10.1. The SMILES string of the molecule is Cl.Cl.Nc1ccc2c(c1)CCCC2NC(=O)c1cncc(Br)c1. The number of carbonyl (C=O) groups excluding carboxylic acids is 1. The van der Waals surface area contributed by atoms with Crippen LogP contribution >= 0.6 is 40.7 Å². The predicted octanol–water partition coefficient (Wildman–Crippen LogP) is 4.08. The van der Waals surface area contributed by atoms with Gasteiger partial charge in [0.1, 0.15) is 0 Å². The fraction of sp³-hybridized carbons (Fsp3) is 0.250. The molecule has 1 atom stereocenters. The summed E-state index contributed by atoms with van der Waals surface area (Å²) in [5.74, 6) is -0.0986. The van der Waals surface area contributed by atoms with Gasteiger partial charge in [-0.15, -0.1) is 24.8 Å². The van der Waals surface area contributed by atoms with Crippen LogP contribution in [-0.4, -0.2) is 10.9 Å². The first-order valence-electron chi connectivity index (χ1n) is 6.93. The molecule has 0 bridgehead atoms. The molecule has 3 N–H and O–H groups in total. The average Bonchev–Trinajstić information content (AvgIpc) is 2.47. The quantitative estimate of drug-likeness (QED) is 0.722. The fourth-order valence-electron chi connectivity index (χ4n) is 2.76. The molecule has 1 aromatic heterocycles. The van der Waals surface area contributed by atoms with Crippen LogP contribution in [0.15, 0.2) is 41.1 Å². The highest BCUT2D eigenvalue weighted by atomic mass is 79.9. The topological polar surface area (TPSA) is 68.0 Å². The number of nitrogen functional groups attached to an aromatic ring is 1. The summed E-state index contributed by atoms with van der Waals surface area (Å²) < 4.78 is 0.798. The van der Waals surface area contributed by atoms with Crippen molar-refractivity contribution in [2.45, 2.75) is 25.3 Å². The Balaban J connectivity index is 0.00000132. The lowest BCUT2D eigenvalue weighted by atomic mass is 9.87. The number of nitrogens with two attached hydrogens (primary N) is 1. The summed E-state index contributed by atoms with van der Waals surface area (Å²) >= 11 is 3.33. The lowest BCUT2D eigenvalue weighted by molar-refractivity contribution is 0.0932. The molecule has 124 valence electrons. The Morgan fingerprint density at radius 2 is 2.04 bits per heavy atom. The molecule has 2 aromatic rings. The summed E-state index contributed by atoms with van der Waals surface area (Å²) in [4.78, 5) is 16.4. The van der Waals surface area contributed by atoms with Gasteiger partial charge in [0.2, 0.25) is 0 Å². The number of hydrogen-bond acceptors (Lipinski definition) is 3. The van der Waals surface area contributed by atoms with Gasteiger partial charge in [0.15, 0.2) is 0 Å². The molecule has 1 aromatic carbocycles. The van der Waals surface area contributed by atoms with Gasteiger partial charge < -0.3 is 11.1 Å². The predicted molar refractivity (Wildman–Crippen MR) is 100 cm³/mol. The summed E-state index contributed by atoms with van der Waals surface area (Å²) in [6, 6.07) is 7.74.